The van der Waals surface area contributed by atoms with Gasteiger partial charge in [0.05, 0.1) is 39.9 Å². The molecule has 0 aliphatic rings. The molecule has 2 N–H and O–H groups in total. The van der Waals surface area contributed by atoms with Gasteiger partial charge >= 0.3 is 0 Å². The smallest absolute Gasteiger partial charge is 0.268 e. The molecule has 0 fully saturated rings. The Balaban J connectivity index is 4.02. The number of aliphatic hydroxyl groups excluding tert-OH is 1. The Morgan fingerprint density at radius 2 is 0.743 bits per heavy atom. The molecule has 0 aliphatic heterocycles. The molecule has 74 heavy (non-hydrogen) atoms. The zero-order valence-corrected chi connectivity index (χ0v) is 51.5. The fourth-order valence-corrected chi connectivity index (χ4v) is 11.1. The van der Waals surface area contributed by atoms with E-state index < -0.39 is 20.0 Å². The van der Waals surface area contributed by atoms with Gasteiger partial charge in [-0.2, -0.15) is 0 Å². The van der Waals surface area contributed by atoms with Gasteiger partial charge in [0.15, 0.2) is 0 Å². The molecule has 3 atom stereocenters. The number of allylic oxidation sites excluding steroid dienone is 2. The first-order chi connectivity index (χ1) is 36.0. The summed E-state index contributed by atoms with van der Waals surface area (Å²) in [6, 6.07) is -0.800. The highest BCUT2D eigenvalue weighted by molar-refractivity contribution is 7.45. The van der Waals surface area contributed by atoms with Gasteiger partial charge in [-0.05, 0) is 38.5 Å². The van der Waals surface area contributed by atoms with Crippen LogP contribution in [0.5, 0.6) is 0 Å². The molecule has 0 rings (SSSR count). The van der Waals surface area contributed by atoms with Crippen LogP contribution in [0.1, 0.15) is 348 Å². The lowest BCUT2D eigenvalue weighted by Gasteiger charge is -2.30. The van der Waals surface area contributed by atoms with Crippen molar-refractivity contribution >= 4 is 13.7 Å². The van der Waals surface area contributed by atoms with Crippen molar-refractivity contribution in [1.82, 2.24) is 5.32 Å². The van der Waals surface area contributed by atoms with E-state index in [4.69, 9.17) is 9.05 Å². The van der Waals surface area contributed by atoms with E-state index in [1.807, 2.05) is 21.1 Å². The van der Waals surface area contributed by atoms with Crippen molar-refractivity contribution in [3.63, 3.8) is 0 Å². The minimum atomic E-state index is -4.58. The molecule has 3 unspecified atom stereocenters. The van der Waals surface area contributed by atoms with Crippen LogP contribution < -0.4 is 10.2 Å². The average molecular weight is 1070 g/mol. The third-order valence-electron chi connectivity index (χ3n) is 15.5. The van der Waals surface area contributed by atoms with E-state index >= 15 is 0 Å². The largest absolute Gasteiger partial charge is 0.756 e. The topological polar surface area (TPSA) is 108 Å². The lowest BCUT2D eigenvalue weighted by molar-refractivity contribution is -0.870. The maximum atomic E-state index is 13.0. The fraction of sp³-hybridized carbons (Fsp3) is 0.954. The average Bonchev–Trinajstić information content (AvgIpc) is 3.36. The van der Waals surface area contributed by atoms with Crippen LogP contribution in [0.2, 0.25) is 0 Å². The predicted octanol–water partition coefficient (Wildman–Crippen LogP) is 19.9. The molecule has 0 aromatic heterocycles. The maximum absolute atomic E-state index is 13.0. The van der Waals surface area contributed by atoms with E-state index in [1.165, 1.54) is 283 Å². The zero-order chi connectivity index (χ0) is 54.2. The summed E-state index contributed by atoms with van der Waals surface area (Å²) in [7, 11) is 1.32. The second-order valence-corrected chi connectivity index (χ2v) is 25.6. The number of amides is 1. The summed E-state index contributed by atoms with van der Waals surface area (Å²) >= 11 is 0. The number of nitrogens with zero attached hydrogens (tertiary/aromatic N) is 1. The van der Waals surface area contributed by atoms with Crippen molar-refractivity contribution in [3.05, 3.63) is 12.2 Å². The van der Waals surface area contributed by atoms with Crippen LogP contribution in [0, 0.1) is 0 Å². The summed E-state index contributed by atoms with van der Waals surface area (Å²) in [6.07, 6.45) is 71.3. The van der Waals surface area contributed by atoms with Crippen LogP contribution in [0.4, 0.5) is 0 Å². The molecule has 1 amide bonds. The summed E-state index contributed by atoms with van der Waals surface area (Å²) in [5.74, 6) is -0.160. The van der Waals surface area contributed by atoms with Crippen molar-refractivity contribution in [2.75, 3.05) is 40.9 Å². The molecule has 0 spiro atoms. The Hall–Kier alpha value is -0.760. The Kier molecular flexibility index (Phi) is 56.4. The summed E-state index contributed by atoms with van der Waals surface area (Å²) in [5.41, 5.74) is 0. The van der Waals surface area contributed by atoms with Gasteiger partial charge in [-0.25, -0.2) is 0 Å². The molecule has 0 aliphatic carbocycles. The molecule has 0 aromatic carbocycles. The molecular formula is C65H131N2O6P. The Morgan fingerprint density at radius 1 is 0.459 bits per heavy atom. The van der Waals surface area contributed by atoms with E-state index in [2.05, 4.69) is 31.3 Å². The van der Waals surface area contributed by atoms with E-state index in [9.17, 15) is 19.4 Å². The molecular weight excluding hydrogens is 936 g/mol. The molecule has 8 nitrogen and oxygen atoms in total. The number of quaternary nitrogens is 1. The Labute approximate surface area is 462 Å². The van der Waals surface area contributed by atoms with Crippen LogP contribution in [-0.2, 0) is 18.4 Å². The normalized spacial score (nSPS) is 13.8. The highest BCUT2D eigenvalue weighted by atomic mass is 31.2. The number of likely N-dealkylation sites (N-methyl/N-ethyl adjacent to an activating group) is 1. The number of hydrogen-bond donors (Lipinski definition) is 2. The number of carbonyl (C=O) groups excluding carboxylic acids is 1. The van der Waals surface area contributed by atoms with Gasteiger partial charge in [-0.15, -0.1) is 0 Å². The third-order valence-corrected chi connectivity index (χ3v) is 16.5. The van der Waals surface area contributed by atoms with Gasteiger partial charge in [0.2, 0.25) is 5.91 Å². The minimum absolute atomic E-state index is 0.0145. The van der Waals surface area contributed by atoms with Crippen molar-refractivity contribution < 1.29 is 32.9 Å². The van der Waals surface area contributed by atoms with E-state index in [0.29, 0.717) is 23.9 Å². The zero-order valence-electron chi connectivity index (χ0n) is 50.6. The molecule has 442 valence electrons. The van der Waals surface area contributed by atoms with Gasteiger partial charge in [-0.3, -0.25) is 9.36 Å². The Bertz CT molecular complexity index is 1210. The van der Waals surface area contributed by atoms with Crippen molar-refractivity contribution in [2.45, 2.75) is 360 Å². The van der Waals surface area contributed by atoms with Gasteiger partial charge in [-0.1, -0.05) is 315 Å². The van der Waals surface area contributed by atoms with Crippen LogP contribution in [0.15, 0.2) is 12.2 Å². The predicted molar refractivity (Wildman–Crippen MR) is 321 cm³/mol. The monoisotopic (exact) mass is 1070 g/mol. The number of carbonyl (C=O) groups is 1. The first-order valence-electron chi connectivity index (χ1n) is 33.0. The second kappa shape index (κ2) is 56.9. The molecule has 9 heteroatoms. The van der Waals surface area contributed by atoms with E-state index in [0.717, 1.165) is 38.5 Å². The number of nitrogens with one attached hydrogen (secondary N) is 1. The number of aliphatic hydroxyl groups is 1. The number of phosphoric ester groups is 1. The summed E-state index contributed by atoms with van der Waals surface area (Å²) in [5, 5.41) is 14.1. The van der Waals surface area contributed by atoms with Gasteiger partial charge in [0.1, 0.15) is 13.2 Å². The maximum Gasteiger partial charge on any atom is 0.268 e. The summed E-state index contributed by atoms with van der Waals surface area (Å²) in [6.45, 7) is 4.78. The SMILES string of the molecule is CCCCCCCCCC/C=C\CCCCCCCCCCCC(=O)NC(COP(=O)([O-])OCC[N+](C)(C)C)C(O)CCCCCCCCCCCCCCCCCCCCCCCCCCCCCCCCC. The lowest BCUT2D eigenvalue weighted by atomic mass is 10.0. The van der Waals surface area contributed by atoms with E-state index in [1.54, 1.807) is 0 Å². The third kappa shape index (κ3) is 58.9. The van der Waals surface area contributed by atoms with E-state index in [-0.39, 0.29) is 19.1 Å². The van der Waals surface area contributed by atoms with Crippen LogP contribution in [-0.4, -0.2) is 68.5 Å². The number of phosphoric acid groups is 1. The van der Waals surface area contributed by atoms with Gasteiger partial charge in [0.25, 0.3) is 7.82 Å². The first-order valence-corrected chi connectivity index (χ1v) is 34.5. The second-order valence-electron chi connectivity index (χ2n) is 24.2. The van der Waals surface area contributed by atoms with Gasteiger partial charge < -0.3 is 28.8 Å². The number of hydrogen-bond acceptors (Lipinski definition) is 6. The lowest BCUT2D eigenvalue weighted by Crippen LogP contribution is -2.46. The first kappa shape index (κ1) is 73.2. The minimum Gasteiger partial charge on any atom is -0.756 e. The van der Waals surface area contributed by atoms with Gasteiger partial charge in [0, 0.05) is 6.42 Å². The Morgan fingerprint density at radius 3 is 1.05 bits per heavy atom. The highest BCUT2D eigenvalue weighted by Crippen LogP contribution is 2.38. The van der Waals surface area contributed by atoms with Crippen LogP contribution in [0.3, 0.4) is 0 Å². The molecule has 0 radical (unpaired) electrons. The quantitative estimate of drug-likeness (QED) is 0.0272. The van der Waals surface area contributed by atoms with Crippen LogP contribution in [0.25, 0.3) is 0 Å². The summed E-state index contributed by atoms with van der Waals surface area (Å²) < 4.78 is 23.5. The highest BCUT2D eigenvalue weighted by Gasteiger charge is 2.24. The fourth-order valence-electron chi connectivity index (χ4n) is 10.3. The molecule has 0 heterocycles. The van der Waals surface area contributed by atoms with Crippen LogP contribution >= 0.6 is 7.82 Å². The van der Waals surface area contributed by atoms with Crippen molar-refractivity contribution in [1.29, 1.82) is 0 Å². The number of rotatable bonds is 62. The van der Waals surface area contributed by atoms with Crippen molar-refractivity contribution in [2.24, 2.45) is 0 Å². The standard InChI is InChI=1S/C65H131N2O6P/c1-6-8-10-12-14-16-18-20-22-24-26-28-29-30-31-32-33-34-35-36-37-39-40-42-44-46-48-50-52-54-56-58-64(68)63(62-73-74(70,71)72-61-60-67(3,4)5)66-65(69)59-57-55-53-51-49-47-45-43-41-38-27-25-23-21-19-17-15-13-11-9-7-2/h25,27,63-64,68H,6-24,26,28-62H2,1-5H3,(H-,66,69,70,71)/b27-25-. The molecule has 0 saturated heterocycles. The molecule has 0 bridgehead atoms. The molecule has 0 aromatic rings. The number of unbranched alkanes of at least 4 members (excludes halogenated alkanes) is 47. The van der Waals surface area contributed by atoms with Crippen molar-refractivity contribution in [3.8, 4) is 0 Å². The summed E-state index contributed by atoms with van der Waals surface area (Å²) in [4.78, 5) is 25.6. The molecule has 0 saturated carbocycles.